The number of benzene rings is 2. The van der Waals surface area contributed by atoms with Crippen LogP contribution in [-0.2, 0) is 23.8 Å². The third-order valence-electron chi connectivity index (χ3n) is 7.08. The number of nitrogens with zero attached hydrogens (tertiary/aromatic N) is 1. The average molecular weight is 648 g/mol. The van der Waals surface area contributed by atoms with Gasteiger partial charge in [0.2, 0.25) is 5.91 Å². The van der Waals surface area contributed by atoms with Crippen LogP contribution < -0.4 is 20.5 Å². The first kappa shape index (κ1) is 36.2. The first-order valence-electron chi connectivity index (χ1n) is 15.4. The summed E-state index contributed by atoms with van der Waals surface area (Å²) in [6.45, 7) is 3.01. The van der Waals surface area contributed by atoms with Crippen LogP contribution in [0.15, 0.2) is 42.5 Å². The fourth-order valence-corrected chi connectivity index (χ4v) is 6.08. The molecule has 0 fully saturated rings. The zero-order valence-corrected chi connectivity index (χ0v) is 26.7. The van der Waals surface area contributed by atoms with E-state index in [1.54, 1.807) is 6.07 Å². The zero-order chi connectivity index (χ0) is 32.3. The molecule has 12 nitrogen and oxygen atoms in total. The number of hydrogen-bond donors (Lipinski definition) is 2. The maximum atomic E-state index is 13.2. The van der Waals surface area contributed by atoms with Crippen molar-refractivity contribution in [3.63, 3.8) is 0 Å². The van der Waals surface area contributed by atoms with Crippen molar-refractivity contribution in [2.75, 3.05) is 65.7 Å². The Balaban J connectivity index is 1.92. The average Bonchev–Trinajstić information content (AvgIpc) is 3.04. The maximum absolute atomic E-state index is 13.2. The van der Waals surface area contributed by atoms with E-state index in [-0.39, 0.29) is 61.5 Å². The van der Waals surface area contributed by atoms with Crippen molar-refractivity contribution in [3.8, 4) is 11.5 Å². The van der Waals surface area contributed by atoms with Crippen molar-refractivity contribution < 1.29 is 38.2 Å². The fourth-order valence-electron chi connectivity index (χ4n) is 4.71. The minimum Gasteiger partial charge on any atom is -0.493 e. The lowest BCUT2D eigenvalue weighted by atomic mass is 10.0. The number of Topliss-reactive ketones (excluding diaryl/α,β-unsaturated/α-hetero) is 1. The van der Waals surface area contributed by atoms with Crippen LogP contribution in [0.1, 0.15) is 54.9 Å². The molecule has 248 valence electrons. The SMILES string of the molecule is COc1cc2c([N+](=O)[O-])cc1OCCOCCOCCCCCOCCC(=O)NC(C(=O)CCCN)CSC2c1ccccc1. The molecule has 2 aliphatic rings. The summed E-state index contributed by atoms with van der Waals surface area (Å²) in [5.74, 6) is 0.293. The summed E-state index contributed by atoms with van der Waals surface area (Å²) < 4.78 is 28.3. The Bertz CT molecular complexity index is 1200. The van der Waals surface area contributed by atoms with Gasteiger partial charge in [-0.25, -0.2) is 0 Å². The van der Waals surface area contributed by atoms with E-state index in [0.29, 0.717) is 50.7 Å². The molecule has 2 atom stereocenters. The van der Waals surface area contributed by atoms with Gasteiger partial charge in [-0.3, -0.25) is 19.7 Å². The van der Waals surface area contributed by atoms with Gasteiger partial charge in [-0.05, 0) is 43.9 Å². The highest BCUT2D eigenvalue weighted by atomic mass is 32.2. The minimum absolute atomic E-state index is 0.112. The number of carbonyl (C=O) groups excluding carboxylic acids is 2. The number of amides is 1. The van der Waals surface area contributed by atoms with Gasteiger partial charge in [0.15, 0.2) is 17.3 Å². The highest BCUT2D eigenvalue weighted by Crippen LogP contribution is 2.45. The third-order valence-corrected chi connectivity index (χ3v) is 8.47. The van der Waals surface area contributed by atoms with Gasteiger partial charge in [0.05, 0.1) is 61.4 Å². The molecule has 3 N–H and O–H groups in total. The van der Waals surface area contributed by atoms with E-state index in [1.807, 2.05) is 30.3 Å². The van der Waals surface area contributed by atoms with Crippen LogP contribution in [0.3, 0.4) is 0 Å². The third kappa shape index (κ3) is 12.6. The number of nitro groups is 1. The van der Waals surface area contributed by atoms with Gasteiger partial charge >= 0.3 is 0 Å². The van der Waals surface area contributed by atoms with Gasteiger partial charge in [0.1, 0.15) is 6.61 Å². The minimum atomic E-state index is -0.807. The number of carbonyl (C=O) groups is 2. The van der Waals surface area contributed by atoms with Crippen LogP contribution in [0.4, 0.5) is 5.69 Å². The van der Waals surface area contributed by atoms with Crippen molar-refractivity contribution >= 4 is 29.1 Å². The van der Waals surface area contributed by atoms with E-state index in [9.17, 15) is 19.7 Å². The molecule has 0 saturated carbocycles. The summed E-state index contributed by atoms with van der Waals surface area (Å²) in [4.78, 5) is 38.0. The lowest BCUT2D eigenvalue weighted by Gasteiger charge is -2.23. The molecule has 2 heterocycles. The van der Waals surface area contributed by atoms with E-state index in [1.165, 1.54) is 24.9 Å². The topological polar surface area (TPSA) is 161 Å². The zero-order valence-electron chi connectivity index (χ0n) is 25.9. The molecule has 0 radical (unpaired) electrons. The van der Waals surface area contributed by atoms with Gasteiger partial charge in [0, 0.05) is 31.8 Å². The fraction of sp³-hybridized carbons (Fsp3) is 0.562. The van der Waals surface area contributed by atoms with E-state index in [2.05, 4.69) is 5.32 Å². The summed E-state index contributed by atoms with van der Waals surface area (Å²) in [5, 5.41) is 14.7. The number of rotatable bonds is 7. The van der Waals surface area contributed by atoms with Gasteiger partial charge < -0.3 is 34.7 Å². The number of nitro benzene ring substituents is 1. The number of nitrogens with one attached hydrogen (secondary N) is 1. The Morgan fingerprint density at radius 1 is 1.02 bits per heavy atom. The molecule has 1 amide bonds. The first-order chi connectivity index (χ1) is 21.9. The van der Waals surface area contributed by atoms with Gasteiger partial charge in [-0.15, -0.1) is 11.8 Å². The van der Waals surface area contributed by atoms with Crippen LogP contribution in [0.25, 0.3) is 0 Å². The molecule has 2 aliphatic heterocycles. The molecule has 2 unspecified atom stereocenters. The van der Waals surface area contributed by atoms with Crippen molar-refractivity contribution in [3.05, 3.63) is 63.7 Å². The molecule has 2 bridgehead atoms. The van der Waals surface area contributed by atoms with Crippen LogP contribution in [0.5, 0.6) is 11.5 Å². The van der Waals surface area contributed by atoms with Gasteiger partial charge in [-0.1, -0.05) is 30.3 Å². The molecule has 45 heavy (non-hydrogen) atoms. The smallest absolute Gasteiger partial charge is 0.278 e. The Kier molecular flexibility index (Phi) is 16.7. The van der Waals surface area contributed by atoms with E-state index in [0.717, 1.165) is 24.8 Å². The Morgan fingerprint density at radius 2 is 1.71 bits per heavy atom. The molecule has 0 saturated heterocycles. The van der Waals surface area contributed by atoms with Crippen molar-refractivity contribution in [2.24, 2.45) is 5.73 Å². The molecular formula is C32H45N3O9S. The van der Waals surface area contributed by atoms with E-state index < -0.39 is 16.2 Å². The summed E-state index contributed by atoms with van der Waals surface area (Å²) in [6.07, 6.45) is 3.48. The summed E-state index contributed by atoms with van der Waals surface area (Å²) >= 11 is 1.34. The molecule has 4 rings (SSSR count). The number of thioether (sulfide) groups is 1. The second-order valence-electron chi connectivity index (χ2n) is 10.4. The number of fused-ring (bicyclic) bond motifs is 22. The summed E-state index contributed by atoms with van der Waals surface area (Å²) in [5.41, 5.74) is 6.67. The Morgan fingerprint density at radius 3 is 2.40 bits per heavy atom. The van der Waals surface area contributed by atoms with Crippen molar-refractivity contribution in [1.82, 2.24) is 5.32 Å². The predicted octanol–water partition coefficient (Wildman–Crippen LogP) is 4.22. The van der Waals surface area contributed by atoms with E-state index in [4.69, 9.17) is 29.4 Å². The van der Waals surface area contributed by atoms with Crippen molar-refractivity contribution in [1.29, 1.82) is 0 Å². The molecule has 13 heteroatoms. The highest BCUT2D eigenvalue weighted by Gasteiger charge is 2.30. The number of methoxy groups -OCH3 is 1. The largest absolute Gasteiger partial charge is 0.493 e. The molecule has 0 aromatic heterocycles. The molecule has 0 spiro atoms. The predicted molar refractivity (Wildman–Crippen MR) is 172 cm³/mol. The maximum Gasteiger partial charge on any atom is 0.278 e. The highest BCUT2D eigenvalue weighted by molar-refractivity contribution is 7.99. The number of nitrogens with two attached hydrogens (primary N) is 1. The second-order valence-corrected chi connectivity index (χ2v) is 11.6. The number of hydrogen-bond acceptors (Lipinski definition) is 11. The molecule has 2 aromatic rings. The second kappa shape index (κ2) is 20.7. The van der Waals surface area contributed by atoms with E-state index >= 15 is 0 Å². The lowest BCUT2D eigenvalue weighted by molar-refractivity contribution is -0.385. The standard InChI is InChI=1S/C32H45N3O9S/c1-40-29-21-25-27(35(38)39)22-30(29)44-20-19-43-18-17-42-15-7-3-6-14-41-16-12-31(37)34-26(28(36)11-8-13-33)23-45-32(25)24-9-4-2-5-10-24/h2,4-5,9-10,21-22,26,32H,3,6-8,11-20,23,33H2,1H3,(H,34,37). The molecule has 0 aliphatic carbocycles. The Hall–Kier alpha value is -3.23. The summed E-state index contributed by atoms with van der Waals surface area (Å²) in [7, 11) is 1.47. The van der Waals surface area contributed by atoms with Crippen molar-refractivity contribution in [2.45, 2.75) is 49.8 Å². The number of ketones is 1. The van der Waals surface area contributed by atoms with Crippen LogP contribution in [0.2, 0.25) is 0 Å². The summed E-state index contributed by atoms with van der Waals surface area (Å²) in [6, 6.07) is 11.5. The van der Waals surface area contributed by atoms with Gasteiger partial charge in [0.25, 0.3) is 5.69 Å². The first-order valence-corrected chi connectivity index (χ1v) is 16.4. The van der Waals surface area contributed by atoms with Crippen LogP contribution in [0, 0.1) is 10.1 Å². The molecule has 2 aromatic carbocycles. The normalized spacial score (nSPS) is 20.2. The number of ether oxygens (including phenoxy) is 5. The monoisotopic (exact) mass is 647 g/mol. The lowest BCUT2D eigenvalue weighted by Crippen LogP contribution is -2.43. The van der Waals surface area contributed by atoms with Crippen LogP contribution in [-0.4, -0.2) is 88.3 Å². The quantitative estimate of drug-likeness (QED) is 0.251. The van der Waals surface area contributed by atoms with Gasteiger partial charge in [-0.2, -0.15) is 0 Å². The Labute approximate surface area is 268 Å². The molecular weight excluding hydrogens is 602 g/mol. The van der Waals surface area contributed by atoms with Crippen LogP contribution >= 0.6 is 11.8 Å².